The Kier molecular flexibility index (Phi) is 4.00. The molecular formula is C17H17N3O2S. The molecule has 2 aromatic heterocycles. The maximum atomic E-state index is 12.6. The molecule has 1 amide bonds. The molecule has 0 aliphatic rings. The number of aryl methyl sites for hydroxylation is 2. The molecule has 3 aromatic rings. The number of amides is 1. The van der Waals surface area contributed by atoms with Gasteiger partial charge in [-0.3, -0.25) is 9.59 Å². The molecule has 6 heteroatoms. The molecule has 23 heavy (non-hydrogen) atoms. The van der Waals surface area contributed by atoms with Crippen LogP contribution in [0.2, 0.25) is 0 Å². The third kappa shape index (κ3) is 3.03. The topological polar surface area (TPSA) is 66.1 Å². The largest absolute Gasteiger partial charge is 0.334 e. The number of hydrogen-bond donors (Lipinski definition) is 1. The Morgan fingerprint density at radius 1 is 1.30 bits per heavy atom. The first kappa shape index (κ1) is 15.4. The maximum Gasteiger partial charge on any atom is 0.268 e. The highest BCUT2D eigenvalue weighted by atomic mass is 32.1. The van der Waals surface area contributed by atoms with E-state index >= 15 is 0 Å². The first-order chi connectivity index (χ1) is 11.0. The van der Waals surface area contributed by atoms with Gasteiger partial charge in [0.1, 0.15) is 10.5 Å². The lowest BCUT2D eigenvalue weighted by Crippen LogP contribution is -2.28. The van der Waals surface area contributed by atoms with Gasteiger partial charge in [-0.15, -0.1) is 11.3 Å². The van der Waals surface area contributed by atoms with Crippen molar-refractivity contribution < 1.29 is 4.79 Å². The van der Waals surface area contributed by atoms with Crippen molar-refractivity contribution in [1.29, 1.82) is 0 Å². The quantitative estimate of drug-likeness (QED) is 0.804. The molecule has 0 unspecified atom stereocenters. The number of aromatic amines is 1. The number of benzene rings is 1. The van der Waals surface area contributed by atoms with Crippen LogP contribution in [0.3, 0.4) is 0 Å². The van der Waals surface area contributed by atoms with E-state index in [4.69, 9.17) is 0 Å². The van der Waals surface area contributed by atoms with Crippen LogP contribution in [0.15, 0.2) is 34.4 Å². The summed E-state index contributed by atoms with van der Waals surface area (Å²) in [5.41, 5.74) is 3.23. The summed E-state index contributed by atoms with van der Waals surface area (Å²) in [4.78, 5) is 33.3. The van der Waals surface area contributed by atoms with E-state index in [0.717, 1.165) is 11.1 Å². The lowest BCUT2D eigenvalue weighted by molar-refractivity contribution is 0.0781. The van der Waals surface area contributed by atoms with Gasteiger partial charge in [0, 0.05) is 12.6 Å². The van der Waals surface area contributed by atoms with Gasteiger partial charge in [-0.1, -0.05) is 17.7 Å². The van der Waals surface area contributed by atoms with Gasteiger partial charge in [0.15, 0.2) is 0 Å². The van der Waals surface area contributed by atoms with E-state index in [2.05, 4.69) is 9.97 Å². The van der Waals surface area contributed by atoms with Crippen LogP contribution in [0.25, 0.3) is 10.2 Å². The number of thiophene rings is 1. The van der Waals surface area contributed by atoms with Crippen LogP contribution in [-0.2, 0) is 6.54 Å². The van der Waals surface area contributed by atoms with Crippen molar-refractivity contribution in [2.75, 3.05) is 7.05 Å². The third-order valence-corrected chi connectivity index (χ3v) is 4.61. The van der Waals surface area contributed by atoms with Crippen molar-refractivity contribution in [3.63, 3.8) is 0 Å². The van der Waals surface area contributed by atoms with Crippen molar-refractivity contribution in [3.8, 4) is 0 Å². The van der Waals surface area contributed by atoms with Gasteiger partial charge < -0.3 is 9.88 Å². The van der Waals surface area contributed by atoms with Crippen molar-refractivity contribution in [2.24, 2.45) is 0 Å². The molecular weight excluding hydrogens is 310 g/mol. The third-order valence-electron chi connectivity index (χ3n) is 3.71. The first-order valence-electron chi connectivity index (χ1n) is 7.25. The minimum Gasteiger partial charge on any atom is -0.334 e. The fourth-order valence-electron chi connectivity index (χ4n) is 2.55. The summed E-state index contributed by atoms with van der Waals surface area (Å²) in [6.45, 7) is 4.18. The summed E-state index contributed by atoms with van der Waals surface area (Å²) in [6, 6.07) is 7.55. The summed E-state index contributed by atoms with van der Waals surface area (Å²) in [5.74, 6) is 0.400. The van der Waals surface area contributed by atoms with E-state index in [-0.39, 0.29) is 18.0 Å². The standard InChI is InChI=1S/C17H17N3O2S/c1-10-4-5-12(11(2)8-10)17(22)20(3)9-14-18-13-6-7-23-15(13)16(21)19-14/h4-8H,9H2,1-3H3,(H,18,19,21). The molecule has 0 fully saturated rings. The zero-order valence-electron chi connectivity index (χ0n) is 13.2. The maximum absolute atomic E-state index is 12.6. The van der Waals surface area contributed by atoms with E-state index in [1.165, 1.54) is 11.3 Å². The first-order valence-corrected chi connectivity index (χ1v) is 8.13. The fraction of sp³-hybridized carbons (Fsp3) is 0.235. The number of nitrogens with one attached hydrogen (secondary N) is 1. The second-order valence-electron chi connectivity index (χ2n) is 5.63. The average Bonchev–Trinajstić information content (AvgIpc) is 2.95. The summed E-state index contributed by atoms with van der Waals surface area (Å²) < 4.78 is 0.608. The molecule has 0 atom stereocenters. The van der Waals surface area contributed by atoms with E-state index in [1.807, 2.05) is 43.5 Å². The lowest BCUT2D eigenvalue weighted by Gasteiger charge is -2.18. The molecule has 0 radical (unpaired) electrons. The predicted octanol–water partition coefficient (Wildman–Crippen LogP) is 2.87. The van der Waals surface area contributed by atoms with Gasteiger partial charge in [0.25, 0.3) is 11.5 Å². The van der Waals surface area contributed by atoms with Gasteiger partial charge in [0.2, 0.25) is 0 Å². The molecule has 0 saturated heterocycles. The molecule has 118 valence electrons. The fourth-order valence-corrected chi connectivity index (χ4v) is 3.28. The number of carbonyl (C=O) groups is 1. The Morgan fingerprint density at radius 3 is 2.83 bits per heavy atom. The molecule has 2 heterocycles. The Morgan fingerprint density at radius 2 is 2.09 bits per heavy atom. The number of fused-ring (bicyclic) bond motifs is 1. The highest BCUT2D eigenvalue weighted by Crippen LogP contribution is 2.16. The highest BCUT2D eigenvalue weighted by molar-refractivity contribution is 7.17. The smallest absolute Gasteiger partial charge is 0.268 e. The Bertz CT molecular complexity index is 942. The molecule has 1 N–H and O–H groups in total. The van der Waals surface area contributed by atoms with E-state index in [0.29, 0.717) is 21.6 Å². The molecule has 5 nitrogen and oxygen atoms in total. The second-order valence-corrected chi connectivity index (χ2v) is 6.54. The lowest BCUT2D eigenvalue weighted by atomic mass is 10.0. The molecule has 0 spiro atoms. The highest BCUT2D eigenvalue weighted by Gasteiger charge is 2.16. The van der Waals surface area contributed by atoms with Gasteiger partial charge in [-0.05, 0) is 36.9 Å². The SMILES string of the molecule is Cc1ccc(C(=O)N(C)Cc2nc3ccsc3c(=O)[nH]2)c(C)c1. The Labute approximate surface area is 137 Å². The van der Waals surface area contributed by atoms with Crippen LogP contribution in [0.4, 0.5) is 0 Å². The number of H-pyrrole nitrogens is 1. The summed E-state index contributed by atoms with van der Waals surface area (Å²) in [7, 11) is 1.71. The summed E-state index contributed by atoms with van der Waals surface area (Å²) in [5, 5.41) is 1.83. The minimum absolute atomic E-state index is 0.0874. The molecule has 0 aliphatic carbocycles. The number of rotatable bonds is 3. The number of nitrogens with zero attached hydrogens (tertiary/aromatic N) is 2. The monoisotopic (exact) mass is 327 g/mol. The zero-order valence-corrected chi connectivity index (χ0v) is 14.0. The summed E-state index contributed by atoms with van der Waals surface area (Å²) >= 11 is 1.36. The molecule has 0 saturated carbocycles. The number of aromatic nitrogens is 2. The van der Waals surface area contributed by atoms with Gasteiger partial charge in [-0.25, -0.2) is 4.98 Å². The van der Waals surface area contributed by atoms with E-state index < -0.39 is 0 Å². The van der Waals surface area contributed by atoms with E-state index in [9.17, 15) is 9.59 Å². The molecule has 0 bridgehead atoms. The van der Waals surface area contributed by atoms with Crippen molar-refractivity contribution >= 4 is 27.5 Å². The van der Waals surface area contributed by atoms with Crippen LogP contribution in [-0.4, -0.2) is 27.8 Å². The van der Waals surface area contributed by atoms with E-state index in [1.54, 1.807) is 11.9 Å². The minimum atomic E-state index is -0.160. The number of hydrogen-bond acceptors (Lipinski definition) is 4. The van der Waals surface area contributed by atoms with Crippen LogP contribution in [0, 0.1) is 13.8 Å². The Balaban J connectivity index is 1.86. The average molecular weight is 327 g/mol. The van der Waals surface area contributed by atoms with Crippen LogP contribution < -0.4 is 5.56 Å². The van der Waals surface area contributed by atoms with Crippen LogP contribution >= 0.6 is 11.3 Å². The van der Waals surface area contributed by atoms with Crippen molar-refractivity contribution in [2.45, 2.75) is 20.4 Å². The molecule has 0 aliphatic heterocycles. The molecule has 3 rings (SSSR count). The normalized spacial score (nSPS) is 10.9. The van der Waals surface area contributed by atoms with Crippen molar-refractivity contribution in [1.82, 2.24) is 14.9 Å². The summed E-state index contributed by atoms with van der Waals surface area (Å²) in [6.07, 6.45) is 0. The zero-order chi connectivity index (χ0) is 16.6. The Hall–Kier alpha value is -2.47. The van der Waals surface area contributed by atoms with Crippen molar-refractivity contribution in [3.05, 3.63) is 62.5 Å². The second kappa shape index (κ2) is 5.96. The predicted molar refractivity (Wildman–Crippen MR) is 92.0 cm³/mol. The molecule has 1 aromatic carbocycles. The van der Waals surface area contributed by atoms with Gasteiger partial charge in [-0.2, -0.15) is 0 Å². The van der Waals surface area contributed by atoms with Gasteiger partial charge in [0.05, 0.1) is 12.1 Å². The van der Waals surface area contributed by atoms with Crippen LogP contribution in [0.5, 0.6) is 0 Å². The van der Waals surface area contributed by atoms with Crippen LogP contribution in [0.1, 0.15) is 27.3 Å². The van der Waals surface area contributed by atoms with Gasteiger partial charge >= 0.3 is 0 Å². The number of carbonyl (C=O) groups excluding carboxylic acids is 1.